The van der Waals surface area contributed by atoms with Gasteiger partial charge in [-0.15, -0.1) is 0 Å². The van der Waals surface area contributed by atoms with Crippen molar-refractivity contribution in [3.8, 4) is 56.4 Å². The van der Waals surface area contributed by atoms with Crippen molar-refractivity contribution in [2.75, 3.05) is 0 Å². The fraction of sp³-hybridized carbons (Fsp3) is 0. The number of nitrogens with zero attached hydrogens (tertiary/aromatic N) is 4. The lowest BCUT2D eigenvalue weighted by atomic mass is 9.94. The van der Waals surface area contributed by atoms with Crippen molar-refractivity contribution in [1.29, 1.82) is 0 Å². The van der Waals surface area contributed by atoms with E-state index in [4.69, 9.17) is 15.0 Å². The third-order valence-electron chi connectivity index (χ3n) is 8.01. The first-order chi connectivity index (χ1) is 21.8. The molecular weight excluding hydrogens is 536 g/mol. The van der Waals surface area contributed by atoms with Gasteiger partial charge in [0.25, 0.3) is 0 Å². The molecule has 0 radical (unpaired) electrons. The molecule has 0 fully saturated rings. The van der Waals surface area contributed by atoms with E-state index in [0.29, 0.717) is 17.5 Å². The molecule has 0 spiro atoms. The van der Waals surface area contributed by atoms with Crippen molar-refractivity contribution in [2.24, 2.45) is 0 Å². The Balaban J connectivity index is 1.29. The number of rotatable bonds is 5. The number of hydrogen-bond donors (Lipinski definition) is 0. The van der Waals surface area contributed by atoms with Gasteiger partial charge in [0.05, 0.1) is 0 Å². The highest BCUT2D eigenvalue weighted by atomic mass is 15.0. The summed E-state index contributed by atoms with van der Waals surface area (Å²) in [5.74, 6) is 1.94. The maximum Gasteiger partial charge on any atom is 0.164 e. The molecule has 0 amide bonds. The van der Waals surface area contributed by atoms with E-state index >= 15 is 0 Å². The molecular formula is C40H26N4. The maximum atomic E-state index is 5.09. The first-order valence-corrected chi connectivity index (χ1v) is 14.6. The molecule has 0 unspecified atom stereocenters. The molecule has 2 aromatic heterocycles. The zero-order valence-corrected chi connectivity index (χ0v) is 23.8. The average Bonchev–Trinajstić information content (AvgIpc) is 3.11. The van der Waals surface area contributed by atoms with Gasteiger partial charge in [-0.1, -0.05) is 121 Å². The Morgan fingerprint density at radius 3 is 1.59 bits per heavy atom. The minimum Gasteiger partial charge on any atom is -0.264 e. The largest absolute Gasteiger partial charge is 0.264 e. The van der Waals surface area contributed by atoms with Crippen molar-refractivity contribution >= 4 is 21.5 Å². The molecule has 0 aliphatic heterocycles. The molecule has 0 atom stereocenters. The normalized spacial score (nSPS) is 11.2. The number of pyridine rings is 1. The van der Waals surface area contributed by atoms with Crippen LogP contribution in [0.3, 0.4) is 0 Å². The topological polar surface area (TPSA) is 51.6 Å². The van der Waals surface area contributed by atoms with Crippen LogP contribution in [0.25, 0.3) is 78.0 Å². The Hall–Kier alpha value is -6.00. The smallest absolute Gasteiger partial charge is 0.164 e. The molecule has 2 heterocycles. The second kappa shape index (κ2) is 11.0. The van der Waals surface area contributed by atoms with E-state index in [-0.39, 0.29) is 0 Å². The van der Waals surface area contributed by atoms with Crippen LogP contribution in [0.4, 0.5) is 0 Å². The van der Waals surface area contributed by atoms with Gasteiger partial charge < -0.3 is 0 Å². The molecule has 0 saturated carbocycles. The minimum absolute atomic E-state index is 0.642. The van der Waals surface area contributed by atoms with Crippen LogP contribution in [-0.2, 0) is 0 Å². The Morgan fingerprint density at radius 1 is 0.341 bits per heavy atom. The van der Waals surface area contributed by atoms with Crippen LogP contribution in [0.15, 0.2) is 158 Å². The molecule has 6 aromatic carbocycles. The van der Waals surface area contributed by atoms with Crippen molar-refractivity contribution in [3.63, 3.8) is 0 Å². The first-order valence-electron chi connectivity index (χ1n) is 14.6. The van der Waals surface area contributed by atoms with Crippen molar-refractivity contribution in [1.82, 2.24) is 19.9 Å². The standard InChI is InChI=1S/C40H26N4/c1-3-10-27(11-4-1)34-21-22-37(36-16-8-7-15-35(34)36)40-43-38(28-12-5-2-6-13-28)42-39(44-40)32-20-19-29-24-31(18-17-30(29)25-32)33-14-9-23-41-26-33/h1-26H. The highest BCUT2D eigenvalue weighted by Crippen LogP contribution is 2.36. The van der Waals surface area contributed by atoms with E-state index < -0.39 is 0 Å². The molecule has 8 aromatic rings. The van der Waals surface area contributed by atoms with Gasteiger partial charge in [-0.3, -0.25) is 4.98 Å². The first kappa shape index (κ1) is 25.7. The molecule has 8 rings (SSSR count). The molecule has 0 saturated heterocycles. The van der Waals surface area contributed by atoms with Gasteiger partial charge in [0, 0.05) is 34.6 Å². The lowest BCUT2D eigenvalue weighted by Gasteiger charge is -2.13. The lowest BCUT2D eigenvalue weighted by molar-refractivity contribution is 1.08. The summed E-state index contributed by atoms with van der Waals surface area (Å²) in [6.07, 6.45) is 3.69. The summed E-state index contributed by atoms with van der Waals surface area (Å²) in [6, 6.07) is 50.3. The summed E-state index contributed by atoms with van der Waals surface area (Å²) in [6.45, 7) is 0. The predicted octanol–water partition coefficient (Wildman–Crippen LogP) is 9.91. The lowest BCUT2D eigenvalue weighted by Crippen LogP contribution is -2.00. The summed E-state index contributed by atoms with van der Waals surface area (Å²) in [5.41, 5.74) is 7.46. The molecule has 0 aliphatic carbocycles. The third kappa shape index (κ3) is 4.79. The molecule has 0 N–H and O–H groups in total. The predicted molar refractivity (Wildman–Crippen MR) is 180 cm³/mol. The van der Waals surface area contributed by atoms with Crippen molar-refractivity contribution in [2.45, 2.75) is 0 Å². The maximum absolute atomic E-state index is 5.09. The van der Waals surface area contributed by atoms with Crippen LogP contribution in [-0.4, -0.2) is 19.9 Å². The third-order valence-corrected chi connectivity index (χ3v) is 8.01. The van der Waals surface area contributed by atoms with Crippen LogP contribution in [0.5, 0.6) is 0 Å². The molecule has 44 heavy (non-hydrogen) atoms. The number of fused-ring (bicyclic) bond motifs is 2. The summed E-state index contributed by atoms with van der Waals surface area (Å²) in [7, 11) is 0. The van der Waals surface area contributed by atoms with Gasteiger partial charge in [0.15, 0.2) is 17.5 Å². The number of hydrogen-bond acceptors (Lipinski definition) is 4. The second-order valence-electron chi connectivity index (χ2n) is 10.8. The molecule has 206 valence electrons. The summed E-state index contributed by atoms with van der Waals surface area (Å²) in [5, 5.41) is 4.53. The van der Waals surface area contributed by atoms with Crippen molar-refractivity contribution < 1.29 is 0 Å². The van der Waals surface area contributed by atoms with E-state index in [1.165, 1.54) is 11.1 Å². The van der Waals surface area contributed by atoms with E-state index in [2.05, 4.69) is 108 Å². The van der Waals surface area contributed by atoms with Gasteiger partial charge in [-0.2, -0.15) is 0 Å². The van der Waals surface area contributed by atoms with E-state index in [9.17, 15) is 0 Å². The van der Waals surface area contributed by atoms with E-state index in [0.717, 1.165) is 49.4 Å². The summed E-state index contributed by atoms with van der Waals surface area (Å²) in [4.78, 5) is 19.4. The Morgan fingerprint density at radius 2 is 0.886 bits per heavy atom. The van der Waals surface area contributed by atoms with Crippen LogP contribution in [0.1, 0.15) is 0 Å². The van der Waals surface area contributed by atoms with E-state index in [1.807, 2.05) is 48.7 Å². The zero-order chi connectivity index (χ0) is 29.3. The Labute approximate surface area is 255 Å². The fourth-order valence-corrected chi connectivity index (χ4v) is 5.80. The molecule has 0 aliphatic rings. The van der Waals surface area contributed by atoms with Gasteiger partial charge in [0.1, 0.15) is 0 Å². The highest BCUT2D eigenvalue weighted by Gasteiger charge is 2.16. The summed E-state index contributed by atoms with van der Waals surface area (Å²) >= 11 is 0. The van der Waals surface area contributed by atoms with Crippen LogP contribution in [0.2, 0.25) is 0 Å². The van der Waals surface area contributed by atoms with Gasteiger partial charge in [0.2, 0.25) is 0 Å². The highest BCUT2D eigenvalue weighted by molar-refractivity contribution is 6.04. The van der Waals surface area contributed by atoms with E-state index in [1.54, 1.807) is 6.20 Å². The van der Waals surface area contributed by atoms with Crippen LogP contribution in [0, 0.1) is 0 Å². The Bertz CT molecular complexity index is 2260. The van der Waals surface area contributed by atoms with Gasteiger partial charge >= 0.3 is 0 Å². The number of benzene rings is 6. The fourth-order valence-electron chi connectivity index (χ4n) is 5.80. The molecule has 0 bridgehead atoms. The minimum atomic E-state index is 0.642. The summed E-state index contributed by atoms with van der Waals surface area (Å²) < 4.78 is 0. The average molecular weight is 563 g/mol. The van der Waals surface area contributed by atoms with Gasteiger partial charge in [-0.25, -0.2) is 15.0 Å². The number of aromatic nitrogens is 4. The quantitative estimate of drug-likeness (QED) is 0.209. The molecule has 4 heteroatoms. The van der Waals surface area contributed by atoms with Crippen LogP contribution < -0.4 is 0 Å². The molecule has 4 nitrogen and oxygen atoms in total. The second-order valence-corrected chi connectivity index (χ2v) is 10.8. The SMILES string of the molecule is c1ccc(-c2nc(-c3ccc4cc(-c5cccnc5)ccc4c3)nc(-c3ccc(-c4ccccc4)c4ccccc34)n2)cc1. The monoisotopic (exact) mass is 562 g/mol. The Kier molecular flexibility index (Phi) is 6.43. The van der Waals surface area contributed by atoms with Gasteiger partial charge in [-0.05, 0) is 62.5 Å². The van der Waals surface area contributed by atoms with Crippen LogP contribution >= 0.6 is 0 Å². The van der Waals surface area contributed by atoms with Crippen molar-refractivity contribution in [3.05, 3.63) is 158 Å². The zero-order valence-electron chi connectivity index (χ0n) is 23.8.